The van der Waals surface area contributed by atoms with Crippen LogP contribution in [-0.4, -0.2) is 33.7 Å². The first-order valence-corrected chi connectivity index (χ1v) is 6.57. The molecule has 1 aliphatic rings. The van der Waals surface area contributed by atoms with Crippen LogP contribution in [0.1, 0.15) is 43.1 Å². The Morgan fingerprint density at radius 1 is 1.50 bits per heavy atom. The molecule has 0 spiro atoms. The number of aryl methyl sites for hydroxylation is 1. The van der Waals surface area contributed by atoms with Crippen LogP contribution in [-0.2, 0) is 7.05 Å². The second kappa shape index (κ2) is 5.00. The summed E-state index contributed by atoms with van der Waals surface area (Å²) in [5.74, 6) is 0.536. The van der Waals surface area contributed by atoms with Gasteiger partial charge in [-0.3, -0.25) is 9.48 Å². The summed E-state index contributed by atoms with van der Waals surface area (Å²) in [7, 11) is 3.63. The van der Waals surface area contributed by atoms with E-state index in [-0.39, 0.29) is 5.91 Å². The third-order valence-electron chi connectivity index (χ3n) is 4.05. The number of rotatable bonds is 2. The number of nitrogen functional groups attached to an aromatic ring is 1. The standard InChI is InChI=1S/C13H22N4O/c1-9-6-4-5-7-11(9)16(2)13(18)12-10(14)8-15-17(12)3/h8-9,11H,4-7,14H2,1-3H3. The minimum atomic E-state index is -0.0220. The van der Waals surface area contributed by atoms with Gasteiger partial charge in [-0.1, -0.05) is 19.8 Å². The Kier molecular flexibility index (Phi) is 3.59. The molecule has 1 heterocycles. The normalized spacial score (nSPS) is 23.9. The maximum atomic E-state index is 12.5. The molecule has 1 fully saturated rings. The van der Waals surface area contributed by atoms with Crippen molar-refractivity contribution in [2.75, 3.05) is 12.8 Å². The number of hydrogen-bond donors (Lipinski definition) is 1. The van der Waals surface area contributed by atoms with Gasteiger partial charge in [0.05, 0.1) is 11.9 Å². The van der Waals surface area contributed by atoms with Crippen LogP contribution >= 0.6 is 0 Å². The molecule has 2 rings (SSSR count). The van der Waals surface area contributed by atoms with E-state index in [1.807, 2.05) is 11.9 Å². The summed E-state index contributed by atoms with van der Waals surface area (Å²) in [4.78, 5) is 14.3. The third-order valence-corrected chi connectivity index (χ3v) is 4.05. The van der Waals surface area contributed by atoms with Gasteiger partial charge in [-0.2, -0.15) is 5.10 Å². The predicted octanol–water partition coefficient (Wildman–Crippen LogP) is 1.65. The molecule has 0 bridgehead atoms. The van der Waals surface area contributed by atoms with Gasteiger partial charge in [0.2, 0.25) is 0 Å². The van der Waals surface area contributed by atoms with Crippen LogP contribution in [0.4, 0.5) is 5.69 Å². The monoisotopic (exact) mass is 250 g/mol. The fraction of sp³-hybridized carbons (Fsp3) is 0.692. The smallest absolute Gasteiger partial charge is 0.274 e. The van der Waals surface area contributed by atoms with E-state index in [0.29, 0.717) is 23.3 Å². The predicted molar refractivity (Wildman–Crippen MR) is 71.1 cm³/mol. The second-order valence-electron chi connectivity index (χ2n) is 5.32. The lowest BCUT2D eigenvalue weighted by atomic mass is 9.85. The fourth-order valence-electron chi connectivity index (χ4n) is 2.91. The Labute approximate surface area is 108 Å². The molecule has 0 radical (unpaired) electrons. The van der Waals surface area contributed by atoms with Crippen LogP contribution in [0.3, 0.4) is 0 Å². The van der Waals surface area contributed by atoms with Crippen LogP contribution < -0.4 is 5.73 Å². The Balaban J connectivity index is 2.18. The summed E-state index contributed by atoms with van der Waals surface area (Å²) < 4.78 is 1.56. The van der Waals surface area contributed by atoms with Gasteiger partial charge in [-0.15, -0.1) is 0 Å². The second-order valence-corrected chi connectivity index (χ2v) is 5.32. The van der Waals surface area contributed by atoms with Crippen LogP contribution in [0.2, 0.25) is 0 Å². The van der Waals surface area contributed by atoms with E-state index in [9.17, 15) is 4.79 Å². The number of hydrogen-bond acceptors (Lipinski definition) is 3. The Hall–Kier alpha value is -1.52. The number of aromatic nitrogens is 2. The highest BCUT2D eigenvalue weighted by atomic mass is 16.2. The molecule has 1 aromatic rings. The zero-order chi connectivity index (χ0) is 13.3. The number of anilines is 1. The lowest BCUT2D eigenvalue weighted by Crippen LogP contribution is -2.43. The summed E-state index contributed by atoms with van der Waals surface area (Å²) in [5.41, 5.74) is 6.77. The average molecular weight is 250 g/mol. The maximum Gasteiger partial charge on any atom is 0.274 e. The van der Waals surface area contributed by atoms with Crippen molar-refractivity contribution in [3.05, 3.63) is 11.9 Å². The topological polar surface area (TPSA) is 64.2 Å². The Bertz CT molecular complexity index is 421. The molecule has 18 heavy (non-hydrogen) atoms. The summed E-state index contributed by atoms with van der Waals surface area (Å²) in [6, 6.07) is 0.320. The molecule has 2 atom stereocenters. The van der Waals surface area contributed by atoms with E-state index in [1.165, 1.54) is 25.5 Å². The van der Waals surface area contributed by atoms with Crippen LogP contribution in [0.15, 0.2) is 6.20 Å². The number of nitrogens with zero attached hydrogens (tertiary/aromatic N) is 3. The van der Waals surface area contributed by atoms with Crippen molar-refractivity contribution in [1.82, 2.24) is 14.7 Å². The van der Waals surface area contributed by atoms with E-state index in [4.69, 9.17) is 5.73 Å². The van der Waals surface area contributed by atoms with E-state index < -0.39 is 0 Å². The van der Waals surface area contributed by atoms with Crippen molar-refractivity contribution < 1.29 is 4.79 Å². The lowest BCUT2D eigenvalue weighted by Gasteiger charge is -2.36. The molecule has 5 heteroatoms. The highest BCUT2D eigenvalue weighted by Crippen LogP contribution is 2.28. The van der Waals surface area contributed by atoms with Gasteiger partial charge in [0.1, 0.15) is 5.69 Å². The first kappa shape index (κ1) is 12.9. The summed E-state index contributed by atoms with van der Waals surface area (Å²) in [6.45, 7) is 2.22. The Morgan fingerprint density at radius 2 is 2.17 bits per heavy atom. The summed E-state index contributed by atoms with van der Waals surface area (Å²) in [5, 5.41) is 4.03. The molecule has 1 aliphatic carbocycles. The molecule has 0 aromatic carbocycles. The molecule has 0 saturated heterocycles. The molecular weight excluding hydrogens is 228 g/mol. The quantitative estimate of drug-likeness (QED) is 0.868. The van der Waals surface area contributed by atoms with Gasteiger partial charge in [0.15, 0.2) is 0 Å². The van der Waals surface area contributed by atoms with E-state index in [1.54, 1.807) is 11.7 Å². The molecule has 2 N–H and O–H groups in total. The van der Waals surface area contributed by atoms with Crippen molar-refractivity contribution in [1.29, 1.82) is 0 Å². The van der Waals surface area contributed by atoms with Gasteiger partial charge in [0.25, 0.3) is 5.91 Å². The van der Waals surface area contributed by atoms with Crippen LogP contribution in [0.25, 0.3) is 0 Å². The molecule has 1 saturated carbocycles. The van der Waals surface area contributed by atoms with Crippen molar-refractivity contribution in [2.24, 2.45) is 13.0 Å². The average Bonchev–Trinajstić information content (AvgIpc) is 2.68. The zero-order valence-corrected chi connectivity index (χ0v) is 11.4. The van der Waals surface area contributed by atoms with Crippen LogP contribution in [0, 0.1) is 5.92 Å². The fourth-order valence-corrected chi connectivity index (χ4v) is 2.91. The summed E-state index contributed by atoms with van der Waals surface area (Å²) in [6.07, 6.45) is 6.29. The molecular formula is C13H22N4O. The minimum Gasteiger partial charge on any atom is -0.396 e. The lowest BCUT2D eigenvalue weighted by molar-refractivity contribution is 0.0619. The summed E-state index contributed by atoms with van der Waals surface area (Å²) >= 11 is 0. The third kappa shape index (κ3) is 2.21. The van der Waals surface area contributed by atoms with Gasteiger partial charge >= 0.3 is 0 Å². The van der Waals surface area contributed by atoms with Gasteiger partial charge in [0, 0.05) is 20.1 Å². The molecule has 5 nitrogen and oxygen atoms in total. The van der Waals surface area contributed by atoms with Gasteiger partial charge < -0.3 is 10.6 Å². The number of amides is 1. The van der Waals surface area contributed by atoms with Crippen molar-refractivity contribution in [2.45, 2.75) is 38.6 Å². The molecule has 1 aromatic heterocycles. The molecule has 1 amide bonds. The van der Waals surface area contributed by atoms with E-state index >= 15 is 0 Å². The number of carbonyl (C=O) groups excluding carboxylic acids is 1. The van der Waals surface area contributed by atoms with Crippen molar-refractivity contribution in [3.8, 4) is 0 Å². The maximum absolute atomic E-state index is 12.5. The molecule has 0 aliphatic heterocycles. The highest BCUT2D eigenvalue weighted by Gasteiger charge is 2.30. The van der Waals surface area contributed by atoms with Crippen molar-refractivity contribution >= 4 is 11.6 Å². The van der Waals surface area contributed by atoms with Crippen LogP contribution in [0.5, 0.6) is 0 Å². The first-order valence-electron chi connectivity index (χ1n) is 6.57. The van der Waals surface area contributed by atoms with E-state index in [0.717, 1.165) is 6.42 Å². The van der Waals surface area contributed by atoms with Gasteiger partial charge in [-0.05, 0) is 18.8 Å². The largest absolute Gasteiger partial charge is 0.396 e. The number of carbonyl (C=O) groups is 1. The first-order chi connectivity index (χ1) is 8.52. The zero-order valence-electron chi connectivity index (χ0n) is 11.4. The number of nitrogens with two attached hydrogens (primary N) is 1. The highest BCUT2D eigenvalue weighted by molar-refractivity contribution is 5.97. The molecule has 100 valence electrons. The minimum absolute atomic E-state index is 0.0220. The molecule has 2 unspecified atom stereocenters. The van der Waals surface area contributed by atoms with Gasteiger partial charge in [-0.25, -0.2) is 0 Å². The van der Waals surface area contributed by atoms with E-state index in [2.05, 4.69) is 12.0 Å². The van der Waals surface area contributed by atoms with Crippen molar-refractivity contribution in [3.63, 3.8) is 0 Å². The Morgan fingerprint density at radius 3 is 2.72 bits per heavy atom. The SMILES string of the molecule is CC1CCCCC1N(C)C(=O)c1c(N)cnn1C.